The van der Waals surface area contributed by atoms with E-state index in [9.17, 15) is 9.59 Å². The van der Waals surface area contributed by atoms with E-state index in [2.05, 4.69) is 0 Å². The zero-order valence-corrected chi connectivity index (χ0v) is 16.0. The zero-order chi connectivity index (χ0) is 18.4. The van der Waals surface area contributed by atoms with Gasteiger partial charge in [0.2, 0.25) is 11.8 Å². The quantitative estimate of drug-likeness (QED) is 0.728. The highest BCUT2D eigenvalue weighted by atomic mass is 16.5. The second-order valence-electron chi connectivity index (χ2n) is 8.07. The van der Waals surface area contributed by atoms with Gasteiger partial charge in [0.1, 0.15) is 0 Å². The van der Waals surface area contributed by atoms with Gasteiger partial charge in [-0.3, -0.25) is 9.59 Å². The van der Waals surface area contributed by atoms with Crippen molar-refractivity contribution in [2.75, 3.05) is 39.3 Å². The van der Waals surface area contributed by atoms with Crippen molar-refractivity contribution in [2.24, 2.45) is 17.6 Å². The predicted molar refractivity (Wildman–Crippen MR) is 100 cm³/mol. The van der Waals surface area contributed by atoms with Crippen LogP contribution in [0.25, 0.3) is 0 Å². The molecule has 3 rings (SSSR count). The van der Waals surface area contributed by atoms with Crippen molar-refractivity contribution in [1.82, 2.24) is 9.80 Å². The zero-order valence-electron chi connectivity index (χ0n) is 16.0. The number of piperidine rings is 1. The normalized spacial score (nSPS) is 27.7. The van der Waals surface area contributed by atoms with Crippen LogP contribution in [0.5, 0.6) is 0 Å². The summed E-state index contributed by atoms with van der Waals surface area (Å²) in [5.41, 5.74) is 5.51. The molecule has 6 heteroatoms. The first kappa shape index (κ1) is 19.6. The number of hydrogen-bond donors (Lipinski definition) is 1. The minimum Gasteiger partial charge on any atom is -0.378 e. The van der Waals surface area contributed by atoms with E-state index < -0.39 is 0 Å². The topological polar surface area (TPSA) is 75.9 Å². The molecule has 2 N–H and O–H groups in total. The summed E-state index contributed by atoms with van der Waals surface area (Å²) in [6.45, 7) is 4.64. The maximum absolute atomic E-state index is 13.1. The fraction of sp³-hybridized carbons (Fsp3) is 0.900. The van der Waals surface area contributed by atoms with Gasteiger partial charge in [-0.15, -0.1) is 0 Å². The van der Waals surface area contributed by atoms with Crippen LogP contribution >= 0.6 is 0 Å². The Hall–Kier alpha value is -1.14. The van der Waals surface area contributed by atoms with E-state index in [1.54, 1.807) is 0 Å². The van der Waals surface area contributed by atoms with Crippen molar-refractivity contribution < 1.29 is 14.3 Å². The number of likely N-dealkylation sites (tertiary alicyclic amines) is 2. The molecule has 0 aromatic heterocycles. The Morgan fingerprint density at radius 2 is 1.35 bits per heavy atom. The average Bonchev–Trinajstić information content (AvgIpc) is 3.22. The van der Waals surface area contributed by atoms with Crippen LogP contribution < -0.4 is 5.73 Å². The molecule has 3 aliphatic rings. The van der Waals surface area contributed by atoms with E-state index in [0.29, 0.717) is 13.2 Å². The summed E-state index contributed by atoms with van der Waals surface area (Å²) in [7, 11) is 0. The second-order valence-corrected chi connectivity index (χ2v) is 8.07. The number of carbonyl (C=O) groups excluding carboxylic acids is 2. The minimum absolute atomic E-state index is 0.0899. The van der Waals surface area contributed by atoms with Gasteiger partial charge in [0.25, 0.3) is 0 Å². The third-order valence-electron chi connectivity index (χ3n) is 6.27. The summed E-state index contributed by atoms with van der Waals surface area (Å²) in [6.07, 6.45) is 9.04. The molecule has 1 aliphatic carbocycles. The van der Waals surface area contributed by atoms with E-state index in [1.165, 1.54) is 0 Å². The largest absolute Gasteiger partial charge is 0.378 e. The van der Waals surface area contributed by atoms with E-state index in [4.69, 9.17) is 10.5 Å². The van der Waals surface area contributed by atoms with Gasteiger partial charge in [-0.25, -0.2) is 0 Å². The first-order chi connectivity index (χ1) is 12.7. The fourth-order valence-corrected chi connectivity index (χ4v) is 4.70. The number of nitrogens with zero attached hydrogens (tertiary/aromatic N) is 2. The van der Waals surface area contributed by atoms with E-state index in [-0.39, 0.29) is 29.8 Å². The van der Waals surface area contributed by atoms with Crippen molar-refractivity contribution >= 4 is 11.8 Å². The van der Waals surface area contributed by atoms with Gasteiger partial charge in [-0.1, -0.05) is 12.8 Å². The summed E-state index contributed by atoms with van der Waals surface area (Å²) in [5, 5.41) is 0. The molecule has 0 spiro atoms. The molecule has 1 saturated carbocycles. The lowest BCUT2D eigenvalue weighted by atomic mass is 9.77. The van der Waals surface area contributed by atoms with Crippen LogP contribution in [0.2, 0.25) is 0 Å². The monoisotopic (exact) mass is 365 g/mol. The highest BCUT2D eigenvalue weighted by Crippen LogP contribution is 2.34. The van der Waals surface area contributed by atoms with Gasteiger partial charge in [-0.2, -0.15) is 0 Å². The Labute approximate surface area is 157 Å². The number of nitrogens with two attached hydrogens (primary N) is 1. The molecule has 2 amide bonds. The van der Waals surface area contributed by atoms with Gasteiger partial charge in [0, 0.05) is 44.6 Å². The Morgan fingerprint density at radius 1 is 0.808 bits per heavy atom. The lowest BCUT2D eigenvalue weighted by Gasteiger charge is -2.38. The van der Waals surface area contributed by atoms with Gasteiger partial charge in [0.05, 0.1) is 6.10 Å². The van der Waals surface area contributed by atoms with Crippen LogP contribution in [0.15, 0.2) is 0 Å². The summed E-state index contributed by atoms with van der Waals surface area (Å²) < 4.78 is 5.85. The van der Waals surface area contributed by atoms with Crippen molar-refractivity contribution in [2.45, 2.75) is 63.9 Å². The summed E-state index contributed by atoms with van der Waals surface area (Å²) in [5.74, 6) is 0.252. The molecule has 0 aromatic rings. The van der Waals surface area contributed by atoms with E-state index in [0.717, 1.165) is 84.0 Å². The summed E-state index contributed by atoms with van der Waals surface area (Å²) in [6, 6.07) is 0. The van der Waals surface area contributed by atoms with Gasteiger partial charge >= 0.3 is 0 Å². The minimum atomic E-state index is -0.105. The number of ether oxygens (including phenoxy) is 1. The first-order valence-corrected chi connectivity index (χ1v) is 10.6. The molecule has 0 radical (unpaired) electrons. The van der Waals surface area contributed by atoms with E-state index >= 15 is 0 Å². The molecule has 26 heavy (non-hydrogen) atoms. The average molecular weight is 366 g/mol. The van der Waals surface area contributed by atoms with Crippen LogP contribution in [0.4, 0.5) is 0 Å². The molecular weight excluding hydrogens is 330 g/mol. The van der Waals surface area contributed by atoms with Crippen LogP contribution in [0, 0.1) is 11.8 Å². The van der Waals surface area contributed by atoms with Gasteiger partial charge in [-0.05, 0) is 51.5 Å². The van der Waals surface area contributed by atoms with Gasteiger partial charge in [0.15, 0.2) is 0 Å². The maximum Gasteiger partial charge on any atom is 0.226 e. The van der Waals surface area contributed by atoms with Crippen molar-refractivity contribution in [3.8, 4) is 0 Å². The highest BCUT2D eigenvalue weighted by Gasteiger charge is 2.40. The SMILES string of the molecule is NCCCOC1CCN(C(=O)C2CCCCC2C(=O)N2CCCC2)CC1. The lowest BCUT2D eigenvalue weighted by molar-refractivity contribution is -0.149. The summed E-state index contributed by atoms with van der Waals surface area (Å²) >= 11 is 0. The summed E-state index contributed by atoms with van der Waals surface area (Å²) in [4.78, 5) is 30.1. The van der Waals surface area contributed by atoms with Crippen LogP contribution in [-0.4, -0.2) is 67.0 Å². The smallest absolute Gasteiger partial charge is 0.226 e. The third kappa shape index (κ3) is 4.77. The molecule has 2 heterocycles. The van der Waals surface area contributed by atoms with Gasteiger partial charge < -0.3 is 20.3 Å². The van der Waals surface area contributed by atoms with E-state index in [1.807, 2.05) is 9.80 Å². The Bertz CT molecular complexity index is 471. The predicted octanol–water partition coefficient (Wildman–Crippen LogP) is 1.77. The molecule has 3 fully saturated rings. The molecule has 2 saturated heterocycles. The number of hydrogen-bond acceptors (Lipinski definition) is 4. The molecule has 2 atom stereocenters. The highest BCUT2D eigenvalue weighted by molar-refractivity contribution is 5.88. The Morgan fingerprint density at radius 3 is 1.88 bits per heavy atom. The molecule has 2 aliphatic heterocycles. The first-order valence-electron chi connectivity index (χ1n) is 10.6. The third-order valence-corrected chi connectivity index (χ3v) is 6.27. The molecule has 0 aromatic carbocycles. The number of carbonyl (C=O) groups is 2. The molecular formula is C20H35N3O3. The molecule has 148 valence electrons. The van der Waals surface area contributed by atoms with Crippen LogP contribution in [0.1, 0.15) is 57.8 Å². The Kier molecular flexibility index (Phi) is 7.32. The number of amides is 2. The van der Waals surface area contributed by atoms with Crippen molar-refractivity contribution in [3.63, 3.8) is 0 Å². The maximum atomic E-state index is 13.1. The van der Waals surface area contributed by atoms with Crippen LogP contribution in [0.3, 0.4) is 0 Å². The lowest BCUT2D eigenvalue weighted by Crippen LogP contribution is -2.49. The Balaban J connectivity index is 1.53. The standard InChI is InChI=1S/C20H35N3O3/c21-10-5-15-26-16-8-13-23(14-9-16)20(25)18-7-2-1-6-17(18)19(24)22-11-3-4-12-22/h16-18H,1-15,21H2. The van der Waals surface area contributed by atoms with Crippen molar-refractivity contribution in [1.29, 1.82) is 0 Å². The van der Waals surface area contributed by atoms with Crippen molar-refractivity contribution in [3.05, 3.63) is 0 Å². The second kappa shape index (κ2) is 9.70. The number of rotatable bonds is 6. The molecule has 6 nitrogen and oxygen atoms in total. The molecule has 2 unspecified atom stereocenters. The fourth-order valence-electron chi connectivity index (χ4n) is 4.70. The molecule has 0 bridgehead atoms. The van der Waals surface area contributed by atoms with Crippen LogP contribution in [-0.2, 0) is 14.3 Å².